The van der Waals surface area contributed by atoms with Crippen molar-refractivity contribution >= 4 is 61.9 Å². The third-order valence-corrected chi connectivity index (χ3v) is 14.8. The molecule has 1 aliphatic rings. The number of benzene rings is 8. The van der Waals surface area contributed by atoms with Gasteiger partial charge in [-0.15, -0.1) is 0 Å². The van der Waals surface area contributed by atoms with Crippen LogP contribution in [0.3, 0.4) is 0 Å². The second-order valence-electron chi connectivity index (χ2n) is 14.8. The molecular formula is C49H33N3OSi. The maximum atomic E-state index is 6.84. The fourth-order valence-corrected chi connectivity index (χ4v) is 11.7. The normalized spacial score (nSPS) is 13.1. The van der Waals surface area contributed by atoms with Crippen LogP contribution in [-0.2, 0) is 0 Å². The van der Waals surface area contributed by atoms with E-state index in [1.54, 1.807) is 0 Å². The van der Waals surface area contributed by atoms with Crippen molar-refractivity contribution in [2.75, 3.05) is 0 Å². The van der Waals surface area contributed by atoms with Crippen molar-refractivity contribution in [3.05, 3.63) is 164 Å². The molecule has 0 atom stereocenters. The van der Waals surface area contributed by atoms with Crippen molar-refractivity contribution in [1.29, 1.82) is 0 Å². The lowest BCUT2D eigenvalue weighted by molar-refractivity contribution is 0.670. The van der Waals surface area contributed by atoms with Crippen LogP contribution >= 0.6 is 0 Å². The summed E-state index contributed by atoms with van der Waals surface area (Å²) in [5, 5.41) is 9.61. The Hall–Kier alpha value is -6.69. The summed E-state index contributed by atoms with van der Waals surface area (Å²) in [4.78, 5) is 15.9. The molecule has 2 aromatic heterocycles. The van der Waals surface area contributed by atoms with Crippen molar-refractivity contribution in [3.63, 3.8) is 0 Å². The zero-order chi connectivity index (χ0) is 36.0. The monoisotopic (exact) mass is 707 g/mol. The van der Waals surface area contributed by atoms with Gasteiger partial charge in [0.25, 0.3) is 0 Å². The zero-order valence-corrected chi connectivity index (χ0v) is 30.8. The Labute approximate surface area is 313 Å². The van der Waals surface area contributed by atoms with Gasteiger partial charge in [-0.1, -0.05) is 153 Å². The van der Waals surface area contributed by atoms with E-state index in [0.29, 0.717) is 17.5 Å². The highest BCUT2D eigenvalue weighted by Crippen LogP contribution is 2.44. The maximum Gasteiger partial charge on any atom is 0.164 e. The SMILES string of the molecule is C[Si]1(C)c2ccccc2-c2c1cc(-c1nc(-c3cccc(-c4cccc5ccccc45)c3)nc(-c3ccc4ccccc4c3)n1)c1c2oc2ccccc21. The molecule has 11 rings (SSSR count). The average molecular weight is 708 g/mol. The minimum atomic E-state index is -2.10. The summed E-state index contributed by atoms with van der Waals surface area (Å²) in [6.07, 6.45) is 0. The number of para-hydroxylation sites is 1. The van der Waals surface area contributed by atoms with Crippen LogP contribution in [0.15, 0.2) is 168 Å². The topological polar surface area (TPSA) is 51.8 Å². The summed E-state index contributed by atoms with van der Waals surface area (Å²) < 4.78 is 6.84. The van der Waals surface area contributed by atoms with Crippen molar-refractivity contribution in [3.8, 4) is 56.4 Å². The van der Waals surface area contributed by atoms with Crippen molar-refractivity contribution in [1.82, 2.24) is 15.0 Å². The summed E-state index contributed by atoms with van der Waals surface area (Å²) in [6.45, 7) is 4.88. The standard InChI is InChI=1S/C49H33N3OSi/c1-54(2)42-24-10-8-21-39(42)45-43(54)29-40(44-38-20-7-9-23-41(38)53-46(44)45)49-51-47(50-48(52-49)35-26-25-30-13-3-4-15-32(30)27-35)34-18-11-17-33(28-34)37-22-12-16-31-14-5-6-19-36(31)37/h3-29H,1-2H3. The van der Waals surface area contributed by atoms with Crippen LogP contribution in [0.4, 0.5) is 0 Å². The predicted molar refractivity (Wildman–Crippen MR) is 226 cm³/mol. The molecule has 0 fully saturated rings. The Morgan fingerprint density at radius 1 is 0.426 bits per heavy atom. The first-order chi connectivity index (χ1) is 26.5. The fraction of sp³-hybridized carbons (Fsp3) is 0.0408. The van der Waals surface area contributed by atoms with E-state index < -0.39 is 8.07 Å². The minimum Gasteiger partial charge on any atom is -0.455 e. The summed E-state index contributed by atoms with van der Waals surface area (Å²) in [5.41, 5.74) is 9.39. The highest BCUT2D eigenvalue weighted by Gasteiger charge is 2.40. The van der Waals surface area contributed by atoms with Crippen LogP contribution in [0.5, 0.6) is 0 Å². The van der Waals surface area contributed by atoms with Gasteiger partial charge in [0.2, 0.25) is 0 Å². The molecule has 54 heavy (non-hydrogen) atoms. The first-order valence-corrected chi connectivity index (χ1v) is 21.4. The van der Waals surface area contributed by atoms with E-state index in [2.05, 4.69) is 171 Å². The van der Waals surface area contributed by atoms with Crippen molar-refractivity contribution < 1.29 is 4.42 Å². The lowest BCUT2D eigenvalue weighted by Crippen LogP contribution is -2.49. The molecule has 0 spiro atoms. The van der Waals surface area contributed by atoms with Gasteiger partial charge in [-0.05, 0) is 72.9 Å². The van der Waals surface area contributed by atoms with Crippen LogP contribution < -0.4 is 10.4 Å². The van der Waals surface area contributed by atoms with E-state index in [-0.39, 0.29) is 0 Å². The van der Waals surface area contributed by atoms with Gasteiger partial charge in [0, 0.05) is 33.0 Å². The molecule has 10 aromatic rings. The largest absolute Gasteiger partial charge is 0.455 e. The number of hydrogen-bond acceptors (Lipinski definition) is 4. The average Bonchev–Trinajstić information content (AvgIpc) is 3.72. The third kappa shape index (κ3) is 4.65. The molecule has 1 aliphatic heterocycles. The summed E-state index contributed by atoms with van der Waals surface area (Å²) in [6, 6.07) is 58.1. The zero-order valence-electron chi connectivity index (χ0n) is 29.8. The molecule has 0 bridgehead atoms. The Balaban J connectivity index is 1.19. The first kappa shape index (κ1) is 30.9. The fourth-order valence-electron chi connectivity index (χ4n) is 8.61. The molecule has 0 radical (unpaired) electrons. The van der Waals surface area contributed by atoms with Crippen molar-refractivity contribution in [2.45, 2.75) is 13.1 Å². The lowest BCUT2D eigenvalue weighted by Gasteiger charge is -2.19. The first-order valence-electron chi connectivity index (χ1n) is 18.4. The number of hydrogen-bond donors (Lipinski definition) is 0. The molecular weight excluding hydrogens is 675 g/mol. The Morgan fingerprint density at radius 3 is 1.93 bits per heavy atom. The molecule has 0 amide bonds. The Bertz CT molecular complexity index is 3160. The summed E-state index contributed by atoms with van der Waals surface area (Å²) >= 11 is 0. The Morgan fingerprint density at radius 2 is 1.06 bits per heavy atom. The second-order valence-corrected chi connectivity index (χ2v) is 19.1. The highest BCUT2D eigenvalue weighted by atomic mass is 28.3. The van der Waals surface area contributed by atoms with Gasteiger partial charge in [-0.3, -0.25) is 0 Å². The minimum absolute atomic E-state index is 0.631. The third-order valence-electron chi connectivity index (χ3n) is 11.3. The summed E-state index contributed by atoms with van der Waals surface area (Å²) in [7, 11) is -2.10. The molecule has 0 saturated heterocycles. The van der Waals surface area contributed by atoms with Crippen LogP contribution in [0, 0.1) is 0 Å². The van der Waals surface area contributed by atoms with Gasteiger partial charge in [-0.2, -0.15) is 0 Å². The Kier molecular flexibility index (Phi) is 6.67. The van der Waals surface area contributed by atoms with E-state index in [0.717, 1.165) is 49.6 Å². The maximum absolute atomic E-state index is 6.84. The van der Waals surface area contributed by atoms with Gasteiger partial charge < -0.3 is 4.42 Å². The van der Waals surface area contributed by atoms with E-state index >= 15 is 0 Å². The number of furan rings is 1. The van der Waals surface area contributed by atoms with Crippen LogP contribution in [0.1, 0.15) is 0 Å². The van der Waals surface area contributed by atoms with E-state index in [1.807, 2.05) is 6.07 Å². The lowest BCUT2D eigenvalue weighted by atomic mass is 9.96. The van der Waals surface area contributed by atoms with E-state index in [4.69, 9.17) is 19.4 Å². The molecule has 0 N–H and O–H groups in total. The molecule has 254 valence electrons. The van der Waals surface area contributed by atoms with Crippen LogP contribution in [-0.4, -0.2) is 23.0 Å². The quantitative estimate of drug-likeness (QED) is 0.171. The van der Waals surface area contributed by atoms with Gasteiger partial charge in [0.1, 0.15) is 19.2 Å². The van der Waals surface area contributed by atoms with E-state index in [1.165, 1.54) is 43.2 Å². The molecule has 0 aliphatic carbocycles. The van der Waals surface area contributed by atoms with Crippen molar-refractivity contribution in [2.24, 2.45) is 0 Å². The summed E-state index contributed by atoms with van der Waals surface area (Å²) in [5.74, 6) is 1.91. The van der Waals surface area contributed by atoms with Gasteiger partial charge in [0.15, 0.2) is 17.5 Å². The smallest absolute Gasteiger partial charge is 0.164 e. The molecule has 4 nitrogen and oxygen atoms in total. The number of nitrogens with zero attached hydrogens (tertiary/aromatic N) is 3. The van der Waals surface area contributed by atoms with Gasteiger partial charge >= 0.3 is 0 Å². The molecule has 0 saturated carbocycles. The van der Waals surface area contributed by atoms with Crippen LogP contribution in [0.2, 0.25) is 13.1 Å². The highest BCUT2D eigenvalue weighted by molar-refractivity contribution is 7.04. The van der Waals surface area contributed by atoms with Gasteiger partial charge in [-0.25, -0.2) is 15.0 Å². The molecule has 3 heterocycles. The molecule has 5 heteroatoms. The van der Waals surface area contributed by atoms with E-state index in [9.17, 15) is 0 Å². The number of rotatable bonds is 4. The number of fused-ring (bicyclic) bond motifs is 9. The second kappa shape index (κ2) is 11.7. The predicted octanol–water partition coefficient (Wildman–Crippen LogP) is 11.5. The van der Waals surface area contributed by atoms with Gasteiger partial charge in [0.05, 0.1) is 0 Å². The number of aromatic nitrogens is 3. The molecule has 0 unspecified atom stereocenters. The van der Waals surface area contributed by atoms with Crippen LogP contribution in [0.25, 0.3) is 99.9 Å². The molecule has 8 aromatic carbocycles.